The lowest BCUT2D eigenvalue weighted by Gasteiger charge is -2.21. The zero-order valence-corrected chi connectivity index (χ0v) is 15.0. The minimum absolute atomic E-state index is 0.279. The van der Waals surface area contributed by atoms with Gasteiger partial charge in [-0.15, -0.1) is 0 Å². The third-order valence-electron chi connectivity index (χ3n) is 3.94. The van der Waals surface area contributed by atoms with Crippen LogP contribution in [-0.4, -0.2) is 24.3 Å². The number of rotatable bonds is 5. The Morgan fingerprint density at radius 3 is 2.71 bits per heavy atom. The summed E-state index contributed by atoms with van der Waals surface area (Å²) in [7, 11) is 1.79. The van der Waals surface area contributed by atoms with Crippen molar-refractivity contribution in [3.05, 3.63) is 40.6 Å². The Labute approximate surface area is 144 Å². The zero-order valence-electron chi connectivity index (χ0n) is 15.0. The van der Waals surface area contributed by atoms with Gasteiger partial charge in [0.25, 0.3) is 0 Å². The standard InChI is InChI=1S/C19H25N5/c1-12(2)22-18-14(4)8-15(10-20)19(24-18)23-17-7-6-13(3)16(9-17)11-21-5/h6-8,11-12,16H,9H2,1-5H3,(H2,22,23,24)/b21-11-. The third-order valence-corrected chi connectivity index (χ3v) is 3.94. The fourth-order valence-corrected chi connectivity index (χ4v) is 2.63. The topological polar surface area (TPSA) is 73.1 Å². The van der Waals surface area contributed by atoms with E-state index in [9.17, 15) is 5.26 Å². The summed E-state index contributed by atoms with van der Waals surface area (Å²) in [4.78, 5) is 8.77. The number of aromatic nitrogens is 1. The number of aliphatic imine (C=N–C) groups is 1. The second-order valence-corrected chi connectivity index (χ2v) is 6.41. The number of nitriles is 1. The molecule has 0 spiro atoms. The normalized spacial score (nSPS) is 17.5. The maximum Gasteiger partial charge on any atom is 0.150 e. The summed E-state index contributed by atoms with van der Waals surface area (Å²) in [6.45, 7) is 8.20. The van der Waals surface area contributed by atoms with Crippen LogP contribution in [-0.2, 0) is 0 Å². The van der Waals surface area contributed by atoms with Crippen LogP contribution in [0.5, 0.6) is 0 Å². The highest BCUT2D eigenvalue weighted by Gasteiger charge is 2.17. The molecule has 0 aromatic carbocycles. The molecule has 1 aliphatic carbocycles. The van der Waals surface area contributed by atoms with Gasteiger partial charge in [-0.3, -0.25) is 0 Å². The lowest BCUT2D eigenvalue weighted by molar-refractivity contribution is 0.787. The lowest BCUT2D eigenvalue weighted by Crippen LogP contribution is -2.16. The fraction of sp³-hybridized carbons (Fsp3) is 0.421. The average molecular weight is 323 g/mol. The molecule has 5 nitrogen and oxygen atoms in total. The molecular formula is C19H25N5. The van der Waals surface area contributed by atoms with Crippen LogP contribution in [0.3, 0.4) is 0 Å². The number of hydrogen-bond acceptors (Lipinski definition) is 5. The molecule has 0 amide bonds. The van der Waals surface area contributed by atoms with Crippen molar-refractivity contribution in [1.82, 2.24) is 4.98 Å². The van der Waals surface area contributed by atoms with Crippen LogP contribution in [0.15, 0.2) is 34.5 Å². The molecule has 0 radical (unpaired) electrons. The van der Waals surface area contributed by atoms with Crippen LogP contribution < -0.4 is 10.6 Å². The molecule has 0 saturated carbocycles. The minimum Gasteiger partial charge on any atom is -0.368 e. The van der Waals surface area contributed by atoms with Crippen molar-refractivity contribution in [2.24, 2.45) is 10.9 Å². The Morgan fingerprint density at radius 2 is 2.08 bits per heavy atom. The van der Waals surface area contributed by atoms with Crippen molar-refractivity contribution in [3.8, 4) is 6.07 Å². The lowest BCUT2D eigenvalue weighted by atomic mass is 9.91. The highest BCUT2D eigenvalue weighted by molar-refractivity contribution is 5.68. The SMILES string of the molecule is C/N=C\C1CC(Nc2nc(NC(C)C)c(C)cc2C#N)=CC=C1C. The van der Waals surface area contributed by atoms with Gasteiger partial charge in [0, 0.05) is 30.9 Å². The summed E-state index contributed by atoms with van der Waals surface area (Å²) in [6, 6.07) is 4.38. The van der Waals surface area contributed by atoms with Gasteiger partial charge in [-0.25, -0.2) is 4.98 Å². The van der Waals surface area contributed by atoms with E-state index in [1.165, 1.54) is 5.57 Å². The van der Waals surface area contributed by atoms with Crippen molar-refractivity contribution in [1.29, 1.82) is 5.26 Å². The predicted octanol–water partition coefficient (Wildman–Crippen LogP) is 4.04. The number of nitrogens with one attached hydrogen (secondary N) is 2. The summed E-state index contributed by atoms with van der Waals surface area (Å²) in [5, 5.41) is 16.1. The molecule has 2 N–H and O–H groups in total. The number of hydrogen-bond donors (Lipinski definition) is 2. The van der Waals surface area contributed by atoms with Crippen molar-refractivity contribution in [3.63, 3.8) is 0 Å². The van der Waals surface area contributed by atoms with Gasteiger partial charge in [0.05, 0.1) is 5.56 Å². The maximum absolute atomic E-state index is 9.42. The van der Waals surface area contributed by atoms with E-state index in [4.69, 9.17) is 0 Å². The molecule has 0 bridgehead atoms. The van der Waals surface area contributed by atoms with Gasteiger partial charge in [0.1, 0.15) is 11.9 Å². The zero-order chi connectivity index (χ0) is 17.7. The van der Waals surface area contributed by atoms with Gasteiger partial charge in [-0.05, 0) is 51.8 Å². The van der Waals surface area contributed by atoms with Crippen LogP contribution in [0.2, 0.25) is 0 Å². The highest BCUT2D eigenvalue weighted by Crippen LogP contribution is 2.27. The molecule has 0 fully saturated rings. The molecule has 2 rings (SSSR count). The van der Waals surface area contributed by atoms with Crippen LogP contribution in [0.4, 0.5) is 11.6 Å². The first-order chi connectivity index (χ1) is 11.4. The molecule has 1 unspecified atom stereocenters. The van der Waals surface area contributed by atoms with Gasteiger partial charge in [0.2, 0.25) is 0 Å². The maximum atomic E-state index is 9.42. The van der Waals surface area contributed by atoms with Crippen molar-refractivity contribution in [2.45, 2.75) is 40.2 Å². The minimum atomic E-state index is 0.279. The van der Waals surface area contributed by atoms with E-state index in [-0.39, 0.29) is 12.0 Å². The predicted molar refractivity (Wildman–Crippen MR) is 100 cm³/mol. The summed E-state index contributed by atoms with van der Waals surface area (Å²) < 4.78 is 0. The Balaban J connectivity index is 2.30. The number of allylic oxidation sites excluding steroid dienone is 4. The summed E-state index contributed by atoms with van der Waals surface area (Å²) >= 11 is 0. The van der Waals surface area contributed by atoms with E-state index in [0.717, 1.165) is 23.5 Å². The van der Waals surface area contributed by atoms with Crippen molar-refractivity contribution in [2.75, 3.05) is 17.7 Å². The molecule has 1 heterocycles. The number of nitrogens with zero attached hydrogens (tertiary/aromatic N) is 3. The van der Waals surface area contributed by atoms with E-state index in [1.807, 2.05) is 25.3 Å². The van der Waals surface area contributed by atoms with Gasteiger partial charge in [0.15, 0.2) is 5.82 Å². The Kier molecular flexibility index (Phi) is 5.75. The monoisotopic (exact) mass is 323 g/mol. The number of aryl methyl sites for hydroxylation is 1. The molecule has 5 heteroatoms. The molecule has 0 saturated heterocycles. The van der Waals surface area contributed by atoms with Crippen LogP contribution in [0.1, 0.15) is 38.3 Å². The molecule has 24 heavy (non-hydrogen) atoms. The molecule has 1 aromatic rings. The molecular weight excluding hydrogens is 298 g/mol. The Bertz CT molecular complexity index is 735. The third kappa shape index (κ3) is 4.23. The first kappa shape index (κ1) is 17.7. The van der Waals surface area contributed by atoms with Gasteiger partial charge in [-0.1, -0.05) is 11.6 Å². The fourth-order valence-electron chi connectivity index (χ4n) is 2.63. The second-order valence-electron chi connectivity index (χ2n) is 6.41. The Morgan fingerprint density at radius 1 is 1.33 bits per heavy atom. The number of anilines is 2. The van der Waals surface area contributed by atoms with Gasteiger partial charge in [-0.2, -0.15) is 5.26 Å². The van der Waals surface area contributed by atoms with E-state index in [0.29, 0.717) is 11.4 Å². The molecule has 126 valence electrons. The molecule has 0 aliphatic heterocycles. The smallest absolute Gasteiger partial charge is 0.150 e. The van der Waals surface area contributed by atoms with Crippen molar-refractivity contribution >= 4 is 17.9 Å². The Hall–Kier alpha value is -2.61. The van der Waals surface area contributed by atoms with Crippen LogP contribution >= 0.6 is 0 Å². The first-order valence-corrected chi connectivity index (χ1v) is 8.19. The number of pyridine rings is 1. The van der Waals surface area contributed by atoms with E-state index in [1.54, 1.807) is 7.05 Å². The highest BCUT2D eigenvalue weighted by atomic mass is 15.1. The first-order valence-electron chi connectivity index (χ1n) is 8.19. The average Bonchev–Trinajstić information content (AvgIpc) is 2.53. The van der Waals surface area contributed by atoms with Gasteiger partial charge >= 0.3 is 0 Å². The molecule has 1 aromatic heterocycles. The van der Waals surface area contributed by atoms with E-state index >= 15 is 0 Å². The largest absolute Gasteiger partial charge is 0.368 e. The van der Waals surface area contributed by atoms with E-state index in [2.05, 4.69) is 53.5 Å². The summed E-state index contributed by atoms with van der Waals surface area (Å²) in [6.07, 6.45) is 6.92. The molecule has 1 atom stereocenters. The van der Waals surface area contributed by atoms with E-state index < -0.39 is 0 Å². The quantitative estimate of drug-likeness (QED) is 0.802. The van der Waals surface area contributed by atoms with Crippen molar-refractivity contribution < 1.29 is 0 Å². The molecule has 1 aliphatic rings. The summed E-state index contributed by atoms with van der Waals surface area (Å²) in [5.74, 6) is 1.69. The van der Waals surface area contributed by atoms with Crippen LogP contribution in [0.25, 0.3) is 0 Å². The summed E-state index contributed by atoms with van der Waals surface area (Å²) in [5.41, 5.74) is 3.84. The van der Waals surface area contributed by atoms with Gasteiger partial charge < -0.3 is 15.6 Å². The second kappa shape index (κ2) is 7.78. The van der Waals surface area contributed by atoms with Crippen LogP contribution in [0, 0.1) is 24.2 Å².